The number of pyridine rings is 2. The molecule has 1 aliphatic rings. The summed E-state index contributed by atoms with van der Waals surface area (Å²) in [5.74, 6) is 0.618. The molecule has 8 heteroatoms. The smallest absolute Gasteiger partial charge is 0.305 e. The van der Waals surface area contributed by atoms with E-state index in [2.05, 4.69) is 30.8 Å². The highest BCUT2D eigenvalue weighted by Gasteiger charge is 2.41. The van der Waals surface area contributed by atoms with Crippen molar-refractivity contribution in [3.63, 3.8) is 0 Å². The number of carbonyl (C=O) groups is 1. The van der Waals surface area contributed by atoms with Crippen molar-refractivity contribution in [3.05, 3.63) is 78.5 Å². The Morgan fingerprint density at radius 2 is 1.93 bits per heavy atom. The van der Waals surface area contributed by atoms with Crippen LogP contribution in [-0.2, 0) is 9.53 Å². The van der Waals surface area contributed by atoms with Crippen molar-refractivity contribution in [2.75, 3.05) is 13.7 Å². The summed E-state index contributed by atoms with van der Waals surface area (Å²) < 4.78 is 6.85. The van der Waals surface area contributed by atoms with E-state index in [0.29, 0.717) is 24.5 Å². The van der Waals surface area contributed by atoms with E-state index < -0.39 is 0 Å². The van der Waals surface area contributed by atoms with Crippen LogP contribution >= 0.6 is 12.2 Å². The van der Waals surface area contributed by atoms with Crippen LogP contribution in [0.25, 0.3) is 5.82 Å². The molecule has 0 aliphatic carbocycles. The molecule has 0 spiro atoms. The fourth-order valence-corrected chi connectivity index (χ4v) is 4.14. The van der Waals surface area contributed by atoms with Crippen molar-refractivity contribution in [1.29, 1.82) is 0 Å². The zero-order valence-corrected chi connectivity index (χ0v) is 17.5. The number of methoxy groups -OCH3 is 1. The molecule has 30 heavy (non-hydrogen) atoms. The van der Waals surface area contributed by atoms with Gasteiger partial charge in [0, 0.05) is 37.3 Å². The number of nitrogens with zero attached hydrogens (tertiary/aromatic N) is 4. The molecule has 7 nitrogen and oxygen atoms in total. The van der Waals surface area contributed by atoms with Gasteiger partial charge in [-0.1, -0.05) is 12.1 Å². The van der Waals surface area contributed by atoms with Gasteiger partial charge in [0.05, 0.1) is 24.9 Å². The van der Waals surface area contributed by atoms with Crippen LogP contribution in [0, 0.1) is 0 Å². The Morgan fingerprint density at radius 3 is 2.63 bits per heavy atom. The molecule has 1 fully saturated rings. The third kappa shape index (κ3) is 4.04. The van der Waals surface area contributed by atoms with Gasteiger partial charge in [-0.25, -0.2) is 4.98 Å². The lowest BCUT2D eigenvalue weighted by molar-refractivity contribution is -0.140. The van der Waals surface area contributed by atoms with Crippen molar-refractivity contribution in [2.24, 2.45) is 0 Å². The van der Waals surface area contributed by atoms with E-state index >= 15 is 0 Å². The van der Waals surface area contributed by atoms with Crippen LogP contribution in [0.15, 0.2) is 67.1 Å². The van der Waals surface area contributed by atoms with Crippen molar-refractivity contribution in [3.8, 4) is 5.82 Å². The maximum Gasteiger partial charge on any atom is 0.305 e. The van der Waals surface area contributed by atoms with Crippen LogP contribution in [0.4, 0.5) is 0 Å². The molecular formula is C22H23N5O2S. The molecule has 0 amide bonds. The summed E-state index contributed by atoms with van der Waals surface area (Å²) in [5.41, 5.74) is 1.96. The van der Waals surface area contributed by atoms with Gasteiger partial charge in [0.1, 0.15) is 5.82 Å². The average Bonchev–Trinajstić information content (AvgIpc) is 3.39. The molecule has 3 aromatic rings. The van der Waals surface area contributed by atoms with Gasteiger partial charge >= 0.3 is 5.97 Å². The molecule has 1 aliphatic heterocycles. The lowest BCUT2D eigenvalue weighted by atomic mass is 10.0. The van der Waals surface area contributed by atoms with Crippen LogP contribution in [0.1, 0.15) is 36.3 Å². The molecule has 0 saturated carbocycles. The molecule has 1 saturated heterocycles. The minimum absolute atomic E-state index is 0.0953. The highest BCUT2D eigenvalue weighted by molar-refractivity contribution is 7.80. The second-order valence-electron chi connectivity index (χ2n) is 6.99. The van der Waals surface area contributed by atoms with Gasteiger partial charge in [-0.15, -0.1) is 0 Å². The van der Waals surface area contributed by atoms with Gasteiger partial charge in [-0.2, -0.15) is 0 Å². The Balaban J connectivity index is 1.70. The summed E-state index contributed by atoms with van der Waals surface area (Å²) in [5, 5.41) is 4.08. The van der Waals surface area contributed by atoms with Gasteiger partial charge < -0.3 is 19.5 Å². The van der Waals surface area contributed by atoms with E-state index in [9.17, 15) is 4.79 Å². The van der Waals surface area contributed by atoms with Crippen LogP contribution in [0.2, 0.25) is 0 Å². The molecule has 0 aromatic carbocycles. The first-order valence-electron chi connectivity index (χ1n) is 9.82. The number of thiocarbonyl (C=S) groups is 1. The van der Waals surface area contributed by atoms with E-state index in [-0.39, 0.29) is 18.1 Å². The predicted octanol–water partition coefficient (Wildman–Crippen LogP) is 3.19. The second kappa shape index (κ2) is 9.04. The monoisotopic (exact) mass is 421 g/mol. The molecular weight excluding hydrogens is 398 g/mol. The Bertz CT molecular complexity index is 1010. The Labute approximate surface area is 180 Å². The van der Waals surface area contributed by atoms with E-state index in [1.165, 1.54) is 7.11 Å². The Kier molecular flexibility index (Phi) is 6.04. The van der Waals surface area contributed by atoms with E-state index in [1.54, 1.807) is 12.4 Å². The third-order valence-corrected chi connectivity index (χ3v) is 5.54. The maximum atomic E-state index is 11.6. The number of hydrogen-bond donors (Lipinski definition) is 1. The highest BCUT2D eigenvalue weighted by Crippen LogP contribution is 2.39. The van der Waals surface area contributed by atoms with Crippen molar-refractivity contribution in [1.82, 2.24) is 24.8 Å². The molecule has 4 rings (SSSR count). The first-order chi connectivity index (χ1) is 14.7. The normalized spacial score (nSPS) is 18.3. The molecule has 0 radical (unpaired) electrons. The molecule has 1 N–H and O–H groups in total. The van der Waals surface area contributed by atoms with Gasteiger partial charge in [-0.3, -0.25) is 9.78 Å². The summed E-state index contributed by atoms with van der Waals surface area (Å²) >= 11 is 5.68. The van der Waals surface area contributed by atoms with E-state index in [4.69, 9.17) is 17.0 Å². The minimum Gasteiger partial charge on any atom is -0.469 e. The number of hydrogen-bond acceptors (Lipinski definition) is 5. The molecule has 0 bridgehead atoms. The number of carbonyl (C=O) groups excluding carboxylic acids is 1. The molecule has 2 atom stereocenters. The fraction of sp³-hybridized carbons (Fsp3) is 0.273. The van der Waals surface area contributed by atoms with Crippen LogP contribution in [0.3, 0.4) is 0 Å². The van der Waals surface area contributed by atoms with E-state index in [1.807, 2.05) is 48.7 Å². The first-order valence-corrected chi connectivity index (χ1v) is 10.2. The largest absolute Gasteiger partial charge is 0.469 e. The second-order valence-corrected chi connectivity index (χ2v) is 7.38. The first kappa shape index (κ1) is 20.0. The van der Waals surface area contributed by atoms with E-state index in [0.717, 1.165) is 17.2 Å². The highest BCUT2D eigenvalue weighted by atomic mass is 32.1. The zero-order chi connectivity index (χ0) is 20.9. The predicted molar refractivity (Wildman–Crippen MR) is 117 cm³/mol. The number of ether oxygens (including phenoxy) is 1. The molecule has 154 valence electrons. The quantitative estimate of drug-likeness (QED) is 0.464. The van der Waals surface area contributed by atoms with Gasteiger partial charge in [0.15, 0.2) is 5.11 Å². The SMILES string of the molecule is COC(=O)CCCN1C(=S)N[C@@H](c2ccccn2)[C@@H]1c1cccn1-c1ccccn1. The zero-order valence-electron chi connectivity index (χ0n) is 16.6. The molecule has 0 unspecified atom stereocenters. The van der Waals surface area contributed by atoms with Crippen LogP contribution in [0.5, 0.6) is 0 Å². The van der Waals surface area contributed by atoms with Crippen molar-refractivity contribution in [2.45, 2.75) is 24.9 Å². The standard InChI is InChI=1S/C22H23N5O2S/c1-29-19(28)11-7-15-27-21(20(25-22(27)30)16-8-2-4-12-23-16)17-9-6-14-26(17)18-10-3-5-13-24-18/h2-6,8-10,12-14,20-21H,7,11,15H2,1H3,(H,25,30)/t20-,21-/m0/s1. The summed E-state index contributed by atoms with van der Waals surface area (Å²) in [4.78, 5) is 22.8. The topological polar surface area (TPSA) is 72.3 Å². The number of rotatable bonds is 7. The number of aromatic nitrogens is 3. The third-order valence-electron chi connectivity index (χ3n) is 5.18. The summed E-state index contributed by atoms with van der Waals surface area (Å²) in [7, 11) is 1.41. The maximum absolute atomic E-state index is 11.6. The van der Waals surface area contributed by atoms with Crippen molar-refractivity contribution >= 4 is 23.3 Å². The fourth-order valence-electron chi connectivity index (χ4n) is 3.80. The minimum atomic E-state index is -0.220. The Hall–Kier alpha value is -3.26. The lowest BCUT2D eigenvalue weighted by Crippen LogP contribution is -2.31. The summed E-state index contributed by atoms with van der Waals surface area (Å²) in [6.45, 7) is 0.627. The van der Waals surface area contributed by atoms with Gasteiger partial charge in [0.25, 0.3) is 0 Å². The Morgan fingerprint density at radius 1 is 1.13 bits per heavy atom. The summed E-state index contributed by atoms with van der Waals surface area (Å²) in [6, 6.07) is 15.6. The van der Waals surface area contributed by atoms with Crippen LogP contribution in [-0.4, -0.2) is 44.2 Å². The van der Waals surface area contributed by atoms with Gasteiger partial charge in [0.2, 0.25) is 0 Å². The van der Waals surface area contributed by atoms with Crippen LogP contribution < -0.4 is 5.32 Å². The number of nitrogens with one attached hydrogen (secondary N) is 1. The van der Waals surface area contributed by atoms with Crippen molar-refractivity contribution < 1.29 is 9.53 Å². The number of esters is 1. The molecule has 3 aromatic heterocycles. The lowest BCUT2D eigenvalue weighted by Gasteiger charge is -2.28. The average molecular weight is 422 g/mol. The van der Waals surface area contributed by atoms with Gasteiger partial charge in [-0.05, 0) is 55.0 Å². The molecule has 4 heterocycles. The summed E-state index contributed by atoms with van der Waals surface area (Å²) in [6.07, 6.45) is 6.55.